The molecule has 2 aromatic carbocycles. The molecule has 1 fully saturated rings. The number of guanidine groups is 1. The Hall–Kier alpha value is -2.33. The first-order valence-corrected chi connectivity index (χ1v) is 11.1. The Morgan fingerprint density at radius 2 is 1.79 bits per heavy atom. The van der Waals surface area contributed by atoms with E-state index in [1.165, 1.54) is 0 Å². The topological polar surface area (TPSA) is 75.2 Å². The number of halogens is 1. The molecule has 180 valence electrons. The summed E-state index contributed by atoms with van der Waals surface area (Å²) in [5, 5.41) is 6.76. The van der Waals surface area contributed by atoms with Crippen LogP contribution < -0.4 is 15.4 Å². The van der Waals surface area contributed by atoms with E-state index in [1.54, 1.807) is 14.2 Å². The van der Waals surface area contributed by atoms with Crippen molar-refractivity contribution in [3.63, 3.8) is 0 Å². The Balaban J connectivity index is 0.00000385. The molecule has 0 saturated carbocycles. The lowest BCUT2D eigenvalue weighted by molar-refractivity contribution is -0.128. The maximum Gasteiger partial charge on any atom is 0.222 e. The number of aryl methyl sites for hydroxylation is 1. The standard InChI is InChI=1S/C25H34N4O3.HI/c1-19-10-11-21(23(15-19)32-14-13-31-3)17-28-25(26-2)27-16-20-7-4-5-8-22(20)18-29-12-6-9-24(29)30;/h4-5,7-8,10-11,15H,6,9,12-14,16-18H2,1-3H3,(H2,26,27,28);1H. The largest absolute Gasteiger partial charge is 0.491 e. The zero-order valence-electron chi connectivity index (χ0n) is 19.7. The minimum absolute atomic E-state index is 0. The number of likely N-dealkylation sites (tertiary alicyclic amines) is 1. The highest BCUT2D eigenvalue weighted by Crippen LogP contribution is 2.20. The van der Waals surface area contributed by atoms with E-state index in [1.807, 2.05) is 30.0 Å². The lowest BCUT2D eigenvalue weighted by atomic mass is 10.1. The molecule has 3 rings (SSSR count). The van der Waals surface area contributed by atoms with Gasteiger partial charge in [-0.05, 0) is 36.1 Å². The van der Waals surface area contributed by atoms with E-state index in [0.717, 1.165) is 41.0 Å². The van der Waals surface area contributed by atoms with E-state index >= 15 is 0 Å². The van der Waals surface area contributed by atoms with E-state index in [-0.39, 0.29) is 29.9 Å². The lowest BCUT2D eigenvalue weighted by Crippen LogP contribution is -2.36. The third-order valence-corrected chi connectivity index (χ3v) is 5.53. The fourth-order valence-corrected chi connectivity index (χ4v) is 3.72. The van der Waals surface area contributed by atoms with Gasteiger partial charge < -0.3 is 25.0 Å². The third-order valence-electron chi connectivity index (χ3n) is 5.53. The van der Waals surface area contributed by atoms with Crippen LogP contribution in [0.5, 0.6) is 5.75 Å². The van der Waals surface area contributed by atoms with Crippen LogP contribution in [0.1, 0.15) is 35.1 Å². The Kier molecular flexibility index (Phi) is 11.5. The number of aliphatic imine (C=N–C) groups is 1. The zero-order valence-corrected chi connectivity index (χ0v) is 22.1. The van der Waals surface area contributed by atoms with Gasteiger partial charge in [-0.25, -0.2) is 0 Å². The SMILES string of the molecule is CN=C(NCc1ccccc1CN1CCCC1=O)NCc1ccc(C)cc1OCCOC.I. The van der Waals surface area contributed by atoms with Crippen LogP contribution in [0.25, 0.3) is 0 Å². The molecule has 1 aliphatic rings. The molecule has 1 amide bonds. The van der Waals surface area contributed by atoms with Crippen molar-refractivity contribution in [1.82, 2.24) is 15.5 Å². The molecule has 0 radical (unpaired) electrons. The highest BCUT2D eigenvalue weighted by molar-refractivity contribution is 14.0. The maximum absolute atomic E-state index is 12.0. The first kappa shape index (κ1) is 26.9. The third kappa shape index (κ3) is 8.19. The van der Waals surface area contributed by atoms with Crippen molar-refractivity contribution in [2.45, 2.75) is 39.4 Å². The van der Waals surface area contributed by atoms with Crippen molar-refractivity contribution in [3.05, 3.63) is 64.7 Å². The monoisotopic (exact) mass is 566 g/mol. The van der Waals surface area contributed by atoms with Gasteiger partial charge in [-0.1, -0.05) is 36.4 Å². The van der Waals surface area contributed by atoms with Gasteiger partial charge in [-0.2, -0.15) is 0 Å². The van der Waals surface area contributed by atoms with Crippen molar-refractivity contribution in [2.75, 3.05) is 33.9 Å². The van der Waals surface area contributed by atoms with Crippen LogP contribution in [0.4, 0.5) is 0 Å². The van der Waals surface area contributed by atoms with Crippen LogP contribution >= 0.6 is 24.0 Å². The lowest BCUT2D eigenvalue weighted by Gasteiger charge is -2.19. The van der Waals surface area contributed by atoms with Gasteiger partial charge in [0.1, 0.15) is 12.4 Å². The molecule has 33 heavy (non-hydrogen) atoms. The molecule has 0 spiro atoms. The number of hydrogen-bond donors (Lipinski definition) is 2. The van der Waals surface area contributed by atoms with Crippen LogP contribution in [-0.2, 0) is 29.2 Å². The quantitative estimate of drug-likeness (QED) is 0.199. The molecular formula is C25H35IN4O3. The molecule has 1 saturated heterocycles. The molecule has 2 N–H and O–H groups in total. The molecule has 0 unspecified atom stereocenters. The molecule has 1 aliphatic heterocycles. The van der Waals surface area contributed by atoms with Crippen LogP contribution in [0.15, 0.2) is 47.5 Å². The number of benzene rings is 2. The number of amides is 1. The van der Waals surface area contributed by atoms with Gasteiger partial charge in [0.05, 0.1) is 6.61 Å². The molecule has 2 aromatic rings. The first-order valence-electron chi connectivity index (χ1n) is 11.1. The zero-order chi connectivity index (χ0) is 22.8. The number of rotatable bonds is 10. The van der Waals surface area contributed by atoms with Gasteiger partial charge >= 0.3 is 0 Å². The van der Waals surface area contributed by atoms with E-state index in [2.05, 4.69) is 39.9 Å². The fourth-order valence-electron chi connectivity index (χ4n) is 3.72. The van der Waals surface area contributed by atoms with Gasteiger partial charge in [0, 0.05) is 52.3 Å². The molecule has 0 aromatic heterocycles. The van der Waals surface area contributed by atoms with Crippen molar-refractivity contribution >= 4 is 35.8 Å². The Morgan fingerprint density at radius 1 is 1.06 bits per heavy atom. The smallest absolute Gasteiger partial charge is 0.222 e. The summed E-state index contributed by atoms with van der Waals surface area (Å²) in [4.78, 5) is 18.3. The summed E-state index contributed by atoms with van der Waals surface area (Å²) in [6.07, 6.45) is 1.61. The fraction of sp³-hybridized carbons (Fsp3) is 0.440. The average Bonchev–Trinajstić information content (AvgIpc) is 3.20. The number of nitrogens with zero attached hydrogens (tertiary/aromatic N) is 2. The maximum atomic E-state index is 12.0. The van der Waals surface area contributed by atoms with E-state index in [0.29, 0.717) is 45.2 Å². The summed E-state index contributed by atoms with van der Waals surface area (Å²) in [6, 6.07) is 14.4. The normalized spacial score (nSPS) is 13.6. The number of hydrogen-bond acceptors (Lipinski definition) is 4. The molecule has 1 heterocycles. The van der Waals surface area contributed by atoms with E-state index in [4.69, 9.17) is 9.47 Å². The van der Waals surface area contributed by atoms with Gasteiger partial charge in [-0.3, -0.25) is 9.79 Å². The Morgan fingerprint density at radius 3 is 2.45 bits per heavy atom. The van der Waals surface area contributed by atoms with Crippen LogP contribution in [0, 0.1) is 6.92 Å². The van der Waals surface area contributed by atoms with Gasteiger partial charge in [0.2, 0.25) is 5.91 Å². The van der Waals surface area contributed by atoms with Crippen molar-refractivity contribution in [2.24, 2.45) is 4.99 Å². The number of ether oxygens (including phenoxy) is 2. The number of nitrogens with one attached hydrogen (secondary N) is 2. The summed E-state index contributed by atoms with van der Waals surface area (Å²) in [6.45, 7) is 5.83. The predicted octanol–water partition coefficient (Wildman–Crippen LogP) is 3.63. The summed E-state index contributed by atoms with van der Waals surface area (Å²) in [5.74, 6) is 1.80. The van der Waals surface area contributed by atoms with Crippen LogP contribution in [-0.4, -0.2) is 50.7 Å². The number of carbonyl (C=O) groups is 1. The Bertz CT molecular complexity index is 936. The Labute approximate surface area is 214 Å². The van der Waals surface area contributed by atoms with Crippen LogP contribution in [0.3, 0.4) is 0 Å². The summed E-state index contributed by atoms with van der Waals surface area (Å²) < 4.78 is 11.0. The molecule has 0 atom stereocenters. The number of carbonyl (C=O) groups excluding carboxylic acids is 1. The number of methoxy groups -OCH3 is 1. The predicted molar refractivity (Wildman–Crippen MR) is 142 cm³/mol. The molecule has 8 heteroatoms. The van der Waals surface area contributed by atoms with Crippen molar-refractivity contribution < 1.29 is 14.3 Å². The molecule has 7 nitrogen and oxygen atoms in total. The highest BCUT2D eigenvalue weighted by Gasteiger charge is 2.20. The van der Waals surface area contributed by atoms with E-state index in [9.17, 15) is 4.79 Å². The second-order valence-electron chi connectivity index (χ2n) is 7.92. The summed E-state index contributed by atoms with van der Waals surface area (Å²) in [5.41, 5.74) is 4.53. The molecule has 0 bridgehead atoms. The summed E-state index contributed by atoms with van der Waals surface area (Å²) in [7, 11) is 3.42. The minimum Gasteiger partial charge on any atom is -0.491 e. The minimum atomic E-state index is 0. The summed E-state index contributed by atoms with van der Waals surface area (Å²) >= 11 is 0. The van der Waals surface area contributed by atoms with Gasteiger partial charge in [-0.15, -0.1) is 24.0 Å². The highest BCUT2D eigenvalue weighted by atomic mass is 127. The van der Waals surface area contributed by atoms with Crippen molar-refractivity contribution in [3.8, 4) is 5.75 Å². The van der Waals surface area contributed by atoms with Crippen molar-refractivity contribution in [1.29, 1.82) is 0 Å². The molecular weight excluding hydrogens is 531 g/mol. The average molecular weight is 566 g/mol. The van der Waals surface area contributed by atoms with Gasteiger partial charge in [0.25, 0.3) is 0 Å². The molecule has 0 aliphatic carbocycles. The first-order chi connectivity index (χ1) is 15.6. The second kappa shape index (κ2) is 14.0. The van der Waals surface area contributed by atoms with E-state index < -0.39 is 0 Å². The van der Waals surface area contributed by atoms with Crippen LogP contribution in [0.2, 0.25) is 0 Å². The van der Waals surface area contributed by atoms with Gasteiger partial charge in [0.15, 0.2) is 5.96 Å². The second-order valence-corrected chi connectivity index (χ2v) is 7.92.